The molecule has 0 aromatic rings. The Morgan fingerprint density at radius 2 is 0.612 bits per heavy atom. The summed E-state index contributed by atoms with van der Waals surface area (Å²) in [7, 11) is 0. The predicted molar refractivity (Wildman–Crippen MR) is 292 cm³/mol. The smallest absolute Gasteiger partial charge is 0.305 e. The van der Waals surface area contributed by atoms with Gasteiger partial charge in [-0.25, -0.2) is 0 Å². The Hall–Kier alpha value is -1.14. The summed E-state index contributed by atoms with van der Waals surface area (Å²) in [5.74, 6) is -0.0333. The van der Waals surface area contributed by atoms with Gasteiger partial charge in [0.25, 0.3) is 0 Å². The Morgan fingerprint density at radius 3 is 0.910 bits per heavy atom. The third-order valence-corrected chi connectivity index (χ3v) is 14.7. The number of esters is 1. The summed E-state index contributed by atoms with van der Waals surface area (Å²) >= 11 is 0. The molecular weight excluding hydrogens is 827 g/mol. The molecule has 0 aromatic heterocycles. The number of hydrogen-bond acceptors (Lipinski definition) is 5. The molecule has 6 nitrogen and oxygen atoms in total. The van der Waals surface area contributed by atoms with Gasteiger partial charge in [0.2, 0.25) is 5.91 Å². The van der Waals surface area contributed by atoms with Gasteiger partial charge in [-0.3, -0.25) is 9.59 Å². The van der Waals surface area contributed by atoms with Crippen LogP contribution < -0.4 is 5.32 Å². The minimum absolute atomic E-state index is 0.00598. The highest BCUT2D eigenvalue weighted by atomic mass is 16.5. The minimum atomic E-state index is -0.669. The maximum Gasteiger partial charge on any atom is 0.305 e. The van der Waals surface area contributed by atoms with E-state index < -0.39 is 12.1 Å². The minimum Gasteiger partial charge on any atom is -0.466 e. The maximum absolute atomic E-state index is 12.5. The van der Waals surface area contributed by atoms with Crippen LogP contribution in [0.1, 0.15) is 354 Å². The van der Waals surface area contributed by atoms with Crippen LogP contribution in [0.25, 0.3) is 0 Å². The van der Waals surface area contributed by atoms with Crippen molar-refractivity contribution in [3.05, 3.63) is 0 Å². The van der Waals surface area contributed by atoms with Crippen LogP contribution >= 0.6 is 0 Å². The van der Waals surface area contributed by atoms with Crippen LogP contribution in [0.15, 0.2) is 0 Å². The molecule has 0 heterocycles. The summed E-state index contributed by atoms with van der Waals surface area (Å²) in [4.78, 5) is 24.6. The van der Waals surface area contributed by atoms with Gasteiger partial charge in [-0.05, 0) is 25.7 Å². The van der Waals surface area contributed by atoms with Crippen LogP contribution in [0, 0.1) is 0 Å². The fourth-order valence-electron chi connectivity index (χ4n) is 9.94. The molecule has 0 spiro atoms. The Labute approximate surface area is 419 Å². The topological polar surface area (TPSA) is 95.9 Å². The molecule has 2 atom stereocenters. The standard InChI is InChI=1S/C61H121NO5/c1-3-5-7-9-11-13-15-17-19-21-23-25-29-33-37-41-45-49-53-59(64)58(57-63)62-60(65)54-50-46-42-38-34-30-26-24-28-32-36-40-44-48-52-56-67-61(66)55-51-47-43-39-35-31-27-22-20-18-16-14-12-10-8-6-4-2/h58-59,63-64H,3-57H2,1-2H3,(H,62,65). The van der Waals surface area contributed by atoms with Crippen molar-refractivity contribution < 1.29 is 24.5 Å². The number of carbonyl (C=O) groups is 2. The lowest BCUT2D eigenvalue weighted by atomic mass is 10.0. The van der Waals surface area contributed by atoms with Gasteiger partial charge < -0.3 is 20.3 Å². The largest absolute Gasteiger partial charge is 0.466 e. The third kappa shape index (κ3) is 54.0. The first-order chi connectivity index (χ1) is 33.0. The summed E-state index contributed by atoms with van der Waals surface area (Å²) in [5.41, 5.74) is 0. The van der Waals surface area contributed by atoms with Crippen molar-refractivity contribution >= 4 is 11.9 Å². The van der Waals surface area contributed by atoms with Crippen molar-refractivity contribution in [3.63, 3.8) is 0 Å². The molecule has 0 rings (SSSR count). The molecule has 0 radical (unpaired) electrons. The average molecular weight is 949 g/mol. The molecule has 1 amide bonds. The molecule has 0 aromatic carbocycles. The zero-order chi connectivity index (χ0) is 48.6. The number of unbranched alkanes of at least 4 members (excludes halogenated alkanes) is 47. The molecule has 6 heteroatoms. The van der Waals surface area contributed by atoms with E-state index in [0.717, 1.165) is 44.9 Å². The Bertz CT molecular complexity index is 959. The van der Waals surface area contributed by atoms with E-state index in [1.54, 1.807) is 0 Å². The van der Waals surface area contributed by atoms with Crippen LogP contribution in [0.5, 0.6) is 0 Å². The van der Waals surface area contributed by atoms with Gasteiger partial charge in [-0.1, -0.05) is 316 Å². The van der Waals surface area contributed by atoms with E-state index in [1.165, 1.54) is 276 Å². The molecule has 67 heavy (non-hydrogen) atoms. The lowest BCUT2D eigenvalue weighted by molar-refractivity contribution is -0.143. The van der Waals surface area contributed by atoms with E-state index in [9.17, 15) is 19.8 Å². The number of amides is 1. The fourth-order valence-corrected chi connectivity index (χ4v) is 9.94. The number of carbonyl (C=O) groups excluding carboxylic acids is 2. The zero-order valence-electron chi connectivity index (χ0n) is 45.7. The highest BCUT2D eigenvalue weighted by Gasteiger charge is 2.20. The zero-order valence-corrected chi connectivity index (χ0v) is 45.7. The number of aliphatic hydroxyl groups excluding tert-OH is 2. The SMILES string of the molecule is CCCCCCCCCCCCCCCCCCCCC(O)C(CO)NC(=O)CCCCCCCCCCCCCCCCCOC(=O)CCCCCCCCCCCCCCCCCCC. The van der Waals surface area contributed by atoms with Crippen molar-refractivity contribution in [2.75, 3.05) is 13.2 Å². The summed E-state index contributed by atoms with van der Waals surface area (Å²) in [6, 6.07) is -0.547. The quantitative estimate of drug-likeness (QED) is 0.0417. The van der Waals surface area contributed by atoms with Gasteiger partial charge in [0, 0.05) is 12.8 Å². The number of rotatable bonds is 58. The third-order valence-electron chi connectivity index (χ3n) is 14.7. The molecular formula is C61H121NO5. The lowest BCUT2D eigenvalue weighted by Gasteiger charge is -2.22. The monoisotopic (exact) mass is 948 g/mol. The van der Waals surface area contributed by atoms with E-state index in [1.807, 2.05) is 0 Å². The molecule has 2 unspecified atom stereocenters. The summed E-state index contributed by atoms with van der Waals surface area (Å²) in [5, 5.41) is 23.3. The predicted octanol–water partition coefficient (Wildman–Crippen LogP) is 19.1. The van der Waals surface area contributed by atoms with Crippen molar-refractivity contribution in [2.45, 2.75) is 366 Å². The summed E-state index contributed by atoms with van der Waals surface area (Å²) < 4.78 is 5.49. The molecule has 0 aliphatic heterocycles. The van der Waals surface area contributed by atoms with Gasteiger partial charge in [-0.15, -0.1) is 0 Å². The first-order valence-corrected chi connectivity index (χ1v) is 30.8. The molecule has 0 aliphatic carbocycles. The van der Waals surface area contributed by atoms with Gasteiger partial charge in [0.1, 0.15) is 0 Å². The van der Waals surface area contributed by atoms with E-state index in [2.05, 4.69) is 19.2 Å². The first kappa shape index (κ1) is 65.9. The number of ether oxygens (including phenoxy) is 1. The first-order valence-electron chi connectivity index (χ1n) is 30.8. The van der Waals surface area contributed by atoms with Gasteiger partial charge in [0.15, 0.2) is 0 Å². The van der Waals surface area contributed by atoms with Crippen molar-refractivity contribution in [1.82, 2.24) is 5.32 Å². The van der Waals surface area contributed by atoms with E-state index in [-0.39, 0.29) is 18.5 Å². The highest BCUT2D eigenvalue weighted by molar-refractivity contribution is 5.76. The van der Waals surface area contributed by atoms with Gasteiger partial charge >= 0.3 is 5.97 Å². The van der Waals surface area contributed by atoms with Crippen molar-refractivity contribution in [1.29, 1.82) is 0 Å². The molecule has 400 valence electrons. The highest BCUT2D eigenvalue weighted by Crippen LogP contribution is 2.18. The van der Waals surface area contributed by atoms with E-state index >= 15 is 0 Å². The second-order valence-electron chi connectivity index (χ2n) is 21.4. The molecule has 3 N–H and O–H groups in total. The van der Waals surface area contributed by atoms with E-state index in [0.29, 0.717) is 25.9 Å². The van der Waals surface area contributed by atoms with Crippen molar-refractivity contribution in [2.24, 2.45) is 0 Å². The Balaban J connectivity index is 3.40. The lowest BCUT2D eigenvalue weighted by Crippen LogP contribution is -2.45. The number of nitrogens with one attached hydrogen (secondary N) is 1. The molecule has 0 saturated carbocycles. The second-order valence-corrected chi connectivity index (χ2v) is 21.4. The Kier molecular flexibility index (Phi) is 56.5. The van der Waals surface area contributed by atoms with Crippen LogP contribution in [0.4, 0.5) is 0 Å². The Morgan fingerprint density at radius 1 is 0.358 bits per heavy atom. The average Bonchev–Trinajstić information content (AvgIpc) is 3.33. The number of aliphatic hydroxyl groups is 2. The molecule has 0 aliphatic rings. The van der Waals surface area contributed by atoms with Crippen LogP contribution in [0.3, 0.4) is 0 Å². The number of hydrogen-bond donors (Lipinski definition) is 3. The molecule has 0 fully saturated rings. The van der Waals surface area contributed by atoms with Gasteiger partial charge in [-0.2, -0.15) is 0 Å². The van der Waals surface area contributed by atoms with Crippen LogP contribution in [-0.2, 0) is 14.3 Å². The molecule has 0 bridgehead atoms. The summed E-state index contributed by atoms with van der Waals surface area (Å²) in [6.45, 7) is 4.97. The fraction of sp³-hybridized carbons (Fsp3) is 0.967. The summed E-state index contributed by atoms with van der Waals surface area (Å²) in [6.07, 6.45) is 66.7. The van der Waals surface area contributed by atoms with Crippen LogP contribution in [-0.4, -0.2) is 47.4 Å². The second kappa shape index (κ2) is 57.4. The molecule has 0 saturated heterocycles. The van der Waals surface area contributed by atoms with E-state index in [4.69, 9.17) is 4.74 Å². The van der Waals surface area contributed by atoms with Crippen LogP contribution in [0.2, 0.25) is 0 Å². The maximum atomic E-state index is 12.5. The normalized spacial score (nSPS) is 12.5. The van der Waals surface area contributed by atoms with Crippen molar-refractivity contribution in [3.8, 4) is 0 Å². The van der Waals surface area contributed by atoms with Gasteiger partial charge in [0.05, 0.1) is 25.4 Å².